The molecule has 0 bridgehead atoms. The fourth-order valence-electron chi connectivity index (χ4n) is 1.58. The maximum atomic E-state index is 11.6. The molecule has 4 heteroatoms. The molecule has 0 saturated carbocycles. The van der Waals surface area contributed by atoms with Gasteiger partial charge in [-0.05, 0) is 29.9 Å². The summed E-state index contributed by atoms with van der Waals surface area (Å²) < 4.78 is 1.12. The Morgan fingerprint density at radius 3 is 2.85 bits per heavy atom. The second kappa shape index (κ2) is 3.19. The van der Waals surface area contributed by atoms with Crippen LogP contribution < -0.4 is 0 Å². The molecule has 70 valence electrons. The molecule has 0 fully saturated rings. The standard InChI is InChI=1S/C9H10BrNOS/c1-5-8(10)6-3-11(2)4-7(12)9(6)13-5/h3-4H2,1-2H3. The van der Waals surface area contributed by atoms with Crippen LogP contribution in [0.5, 0.6) is 0 Å². The number of fused-ring (bicyclic) bond motifs is 1. The van der Waals surface area contributed by atoms with Gasteiger partial charge in [0.1, 0.15) is 0 Å². The molecule has 1 aromatic rings. The number of rotatable bonds is 0. The number of ketones is 1. The van der Waals surface area contributed by atoms with Crippen LogP contribution in [0.15, 0.2) is 4.47 Å². The first-order valence-corrected chi connectivity index (χ1v) is 5.70. The van der Waals surface area contributed by atoms with E-state index >= 15 is 0 Å². The molecule has 1 aliphatic rings. The van der Waals surface area contributed by atoms with Gasteiger partial charge in [-0.1, -0.05) is 0 Å². The highest BCUT2D eigenvalue weighted by Gasteiger charge is 2.25. The Labute approximate surface area is 89.7 Å². The summed E-state index contributed by atoms with van der Waals surface area (Å²) in [6, 6.07) is 0. The molecule has 0 N–H and O–H groups in total. The van der Waals surface area contributed by atoms with Crippen LogP contribution in [0.1, 0.15) is 20.1 Å². The summed E-state index contributed by atoms with van der Waals surface area (Å²) in [5.41, 5.74) is 1.17. The van der Waals surface area contributed by atoms with Crippen molar-refractivity contribution in [2.45, 2.75) is 13.5 Å². The summed E-state index contributed by atoms with van der Waals surface area (Å²) in [6.07, 6.45) is 0. The molecule has 13 heavy (non-hydrogen) atoms. The molecule has 0 saturated heterocycles. The van der Waals surface area contributed by atoms with Crippen molar-refractivity contribution < 1.29 is 4.79 Å². The van der Waals surface area contributed by atoms with Crippen molar-refractivity contribution in [3.05, 3.63) is 19.8 Å². The third-order valence-corrected chi connectivity index (χ3v) is 4.72. The summed E-state index contributed by atoms with van der Waals surface area (Å²) in [6.45, 7) is 3.48. The number of hydrogen-bond donors (Lipinski definition) is 0. The van der Waals surface area contributed by atoms with Crippen LogP contribution in [0, 0.1) is 6.92 Å². The number of carbonyl (C=O) groups excluding carboxylic acids is 1. The van der Waals surface area contributed by atoms with Gasteiger partial charge in [0.05, 0.1) is 11.4 Å². The fraction of sp³-hybridized carbons (Fsp3) is 0.444. The maximum Gasteiger partial charge on any atom is 0.187 e. The maximum absolute atomic E-state index is 11.6. The third kappa shape index (κ3) is 1.47. The van der Waals surface area contributed by atoms with Gasteiger partial charge in [-0.25, -0.2) is 0 Å². The predicted octanol–water partition coefficient (Wildman–Crippen LogP) is 2.45. The third-order valence-electron chi connectivity index (χ3n) is 2.20. The van der Waals surface area contributed by atoms with Gasteiger partial charge in [0, 0.05) is 21.5 Å². The second-order valence-corrected chi connectivity index (χ2v) is 5.39. The summed E-state index contributed by atoms with van der Waals surface area (Å²) >= 11 is 5.13. The molecule has 0 unspecified atom stereocenters. The van der Waals surface area contributed by atoms with E-state index in [0.29, 0.717) is 6.54 Å². The van der Waals surface area contributed by atoms with E-state index in [-0.39, 0.29) is 5.78 Å². The number of aryl methyl sites for hydroxylation is 1. The van der Waals surface area contributed by atoms with Crippen molar-refractivity contribution >= 4 is 33.0 Å². The lowest BCUT2D eigenvalue weighted by Gasteiger charge is -2.21. The Balaban J connectivity index is 2.55. The highest BCUT2D eigenvalue weighted by Crippen LogP contribution is 2.35. The first-order valence-electron chi connectivity index (χ1n) is 4.09. The minimum Gasteiger partial charge on any atom is -0.294 e. The average molecular weight is 260 g/mol. The molecule has 0 aliphatic carbocycles. The summed E-state index contributed by atoms with van der Waals surface area (Å²) in [5, 5.41) is 0. The van der Waals surface area contributed by atoms with Crippen molar-refractivity contribution in [2.24, 2.45) is 0 Å². The quantitative estimate of drug-likeness (QED) is 0.714. The molecule has 1 aromatic heterocycles. The minimum absolute atomic E-state index is 0.252. The van der Waals surface area contributed by atoms with Gasteiger partial charge in [0.2, 0.25) is 0 Å². The van der Waals surface area contributed by atoms with Gasteiger partial charge in [0.15, 0.2) is 5.78 Å². The smallest absolute Gasteiger partial charge is 0.187 e. The van der Waals surface area contributed by atoms with E-state index in [1.54, 1.807) is 11.3 Å². The summed E-state index contributed by atoms with van der Waals surface area (Å²) in [5.74, 6) is 0.252. The van der Waals surface area contributed by atoms with Gasteiger partial charge in [-0.2, -0.15) is 0 Å². The number of halogens is 1. The van der Waals surface area contributed by atoms with Crippen LogP contribution in [0.4, 0.5) is 0 Å². The van der Waals surface area contributed by atoms with E-state index in [2.05, 4.69) is 15.9 Å². The molecule has 2 rings (SSSR count). The van der Waals surface area contributed by atoms with Crippen molar-refractivity contribution in [3.63, 3.8) is 0 Å². The zero-order valence-electron chi connectivity index (χ0n) is 7.56. The van der Waals surface area contributed by atoms with Crippen molar-refractivity contribution in [1.82, 2.24) is 4.90 Å². The average Bonchev–Trinajstić information content (AvgIpc) is 2.32. The molecule has 0 atom stereocenters. The van der Waals surface area contributed by atoms with Crippen LogP contribution in [0.3, 0.4) is 0 Å². The van der Waals surface area contributed by atoms with E-state index < -0.39 is 0 Å². The Bertz CT molecular complexity index is 372. The number of carbonyl (C=O) groups is 1. The van der Waals surface area contributed by atoms with E-state index in [0.717, 1.165) is 15.9 Å². The summed E-state index contributed by atoms with van der Waals surface area (Å²) in [4.78, 5) is 15.8. The SMILES string of the molecule is Cc1sc2c(c1Br)CN(C)CC2=O. The Hall–Kier alpha value is -0.190. The minimum atomic E-state index is 0.252. The summed E-state index contributed by atoms with van der Waals surface area (Å²) in [7, 11) is 1.97. The largest absolute Gasteiger partial charge is 0.294 e. The van der Waals surface area contributed by atoms with Gasteiger partial charge in [0.25, 0.3) is 0 Å². The molecule has 0 spiro atoms. The van der Waals surface area contributed by atoms with Gasteiger partial charge >= 0.3 is 0 Å². The highest BCUT2D eigenvalue weighted by molar-refractivity contribution is 9.10. The topological polar surface area (TPSA) is 20.3 Å². The number of thiophene rings is 1. The molecule has 0 amide bonds. The number of likely N-dealkylation sites (N-methyl/N-ethyl adjacent to an activating group) is 1. The van der Waals surface area contributed by atoms with Crippen LogP contribution >= 0.6 is 27.3 Å². The molecular weight excluding hydrogens is 250 g/mol. The Kier molecular flexibility index (Phi) is 2.30. The number of nitrogens with zero attached hydrogens (tertiary/aromatic N) is 1. The zero-order valence-corrected chi connectivity index (χ0v) is 9.96. The highest BCUT2D eigenvalue weighted by atomic mass is 79.9. The normalized spacial score (nSPS) is 17.6. The van der Waals surface area contributed by atoms with Crippen molar-refractivity contribution in [3.8, 4) is 0 Å². The molecule has 1 aliphatic heterocycles. The van der Waals surface area contributed by atoms with Crippen LogP contribution in [0.25, 0.3) is 0 Å². The van der Waals surface area contributed by atoms with Crippen LogP contribution in [-0.2, 0) is 6.54 Å². The van der Waals surface area contributed by atoms with Gasteiger partial charge < -0.3 is 0 Å². The molecular formula is C9H10BrNOS. The monoisotopic (exact) mass is 259 g/mol. The van der Waals surface area contributed by atoms with Crippen LogP contribution in [0.2, 0.25) is 0 Å². The molecule has 2 heterocycles. The van der Waals surface area contributed by atoms with E-state index in [1.165, 1.54) is 10.4 Å². The fourth-order valence-corrected chi connectivity index (χ4v) is 3.27. The van der Waals surface area contributed by atoms with Gasteiger partial charge in [-0.15, -0.1) is 11.3 Å². The lowest BCUT2D eigenvalue weighted by Crippen LogP contribution is -2.30. The number of Topliss-reactive ketones (excluding diaryl/α,β-unsaturated/α-hetero) is 1. The first kappa shape index (κ1) is 9.37. The number of hydrogen-bond acceptors (Lipinski definition) is 3. The van der Waals surface area contributed by atoms with E-state index in [1.807, 2.05) is 18.9 Å². The molecule has 0 aromatic carbocycles. The van der Waals surface area contributed by atoms with Crippen LogP contribution in [-0.4, -0.2) is 24.3 Å². The second-order valence-electron chi connectivity index (χ2n) is 3.38. The van der Waals surface area contributed by atoms with Crippen molar-refractivity contribution in [2.75, 3.05) is 13.6 Å². The lowest BCUT2D eigenvalue weighted by molar-refractivity contribution is 0.0928. The van der Waals surface area contributed by atoms with E-state index in [9.17, 15) is 4.79 Å². The van der Waals surface area contributed by atoms with Gasteiger partial charge in [-0.3, -0.25) is 9.69 Å². The Morgan fingerprint density at radius 1 is 1.46 bits per heavy atom. The van der Waals surface area contributed by atoms with Crippen molar-refractivity contribution in [1.29, 1.82) is 0 Å². The lowest BCUT2D eigenvalue weighted by atomic mass is 10.1. The Morgan fingerprint density at radius 2 is 2.15 bits per heavy atom. The molecule has 2 nitrogen and oxygen atoms in total. The first-order chi connectivity index (χ1) is 6.09. The zero-order chi connectivity index (χ0) is 9.59. The molecule has 0 radical (unpaired) electrons. The predicted molar refractivity (Wildman–Crippen MR) is 57.4 cm³/mol. The van der Waals surface area contributed by atoms with E-state index in [4.69, 9.17) is 0 Å².